The lowest BCUT2D eigenvalue weighted by Gasteiger charge is -2.58. The number of likely N-dealkylation sites (tertiary alicyclic amines) is 1. The van der Waals surface area contributed by atoms with Crippen LogP contribution in [0.5, 0.6) is 5.75 Å². The Morgan fingerprint density at radius 3 is 2.61 bits per heavy atom. The van der Waals surface area contributed by atoms with Crippen LogP contribution < -0.4 is 15.4 Å². The fraction of sp³-hybridized carbons (Fsp3) is 0.645. The number of nitrogens with zero attached hydrogens (tertiary/aromatic N) is 6. The normalized spacial score (nSPS) is 19.4. The number of hydrogen-bond acceptors (Lipinski definition) is 8. The molecule has 1 spiro atoms. The zero-order valence-corrected chi connectivity index (χ0v) is 24.5. The van der Waals surface area contributed by atoms with E-state index >= 15 is 4.39 Å². The average Bonchev–Trinajstić information content (AvgIpc) is 3.32. The number of methoxy groups -OCH3 is 1. The molecule has 10 heteroatoms. The Morgan fingerprint density at radius 1 is 1.17 bits per heavy atom. The summed E-state index contributed by atoms with van der Waals surface area (Å²) in [5.41, 5.74) is 9.38. The van der Waals surface area contributed by atoms with Crippen LogP contribution in [0.3, 0.4) is 0 Å². The number of unbranched alkanes of at least 4 members (excludes halogenated alkanes) is 1. The maximum absolute atomic E-state index is 15.7. The van der Waals surface area contributed by atoms with Gasteiger partial charge in [0.05, 0.1) is 32.0 Å². The predicted octanol–water partition coefficient (Wildman–Crippen LogP) is 4.72. The molecular weight excluding hydrogens is 521 g/mol. The molecule has 222 valence electrons. The summed E-state index contributed by atoms with van der Waals surface area (Å²) in [6.45, 7) is 5.63. The van der Waals surface area contributed by atoms with Gasteiger partial charge in [0.25, 0.3) is 0 Å². The number of aromatic nitrogens is 4. The van der Waals surface area contributed by atoms with Gasteiger partial charge in [0, 0.05) is 19.1 Å². The molecule has 0 unspecified atom stereocenters. The number of aliphatic hydroxyl groups excluding tert-OH is 1. The Morgan fingerprint density at radius 2 is 1.95 bits per heavy atom. The van der Waals surface area contributed by atoms with Crippen LogP contribution in [-0.2, 0) is 6.54 Å². The van der Waals surface area contributed by atoms with Gasteiger partial charge >= 0.3 is 0 Å². The minimum Gasteiger partial charge on any atom is -0.496 e. The summed E-state index contributed by atoms with van der Waals surface area (Å²) in [6, 6.07) is 4.48. The van der Waals surface area contributed by atoms with Crippen LogP contribution >= 0.6 is 0 Å². The Hall–Kier alpha value is -2.98. The summed E-state index contributed by atoms with van der Waals surface area (Å²) in [6.07, 6.45) is 12.9. The molecule has 3 fully saturated rings. The molecule has 1 aromatic carbocycles. The summed E-state index contributed by atoms with van der Waals surface area (Å²) in [4.78, 5) is 13.5. The maximum atomic E-state index is 15.7. The van der Waals surface area contributed by atoms with Gasteiger partial charge in [-0.05, 0) is 87.1 Å². The number of piperidine rings is 1. The number of halogens is 1. The van der Waals surface area contributed by atoms with E-state index in [0.717, 1.165) is 56.9 Å². The molecule has 3 heterocycles. The van der Waals surface area contributed by atoms with Crippen molar-refractivity contribution in [3.05, 3.63) is 35.3 Å². The Bertz CT molecular complexity index is 1360. The highest BCUT2D eigenvalue weighted by atomic mass is 19.1. The van der Waals surface area contributed by atoms with Crippen LogP contribution in [0.2, 0.25) is 0 Å². The van der Waals surface area contributed by atoms with Crippen molar-refractivity contribution in [3.8, 4) is 5.75 Å². The number of anilines is 2. The van der Waals surface area contributed by atoms with Gasteiger partial charge in [0.15, 0.2) is 11.3 Å². The number of ether oxygens (including phenoxy) is 1. The van der Waals surface area contributed by atoms with Crippen LogP contribution in [0.25, 0.3) is 11.0 Å². The van der Waals surface area contributed by atoms with E-state index in [1.165, 1.54) is 32.1 Å². The highest BCUT2D eigenvalue weighted by Crippen LogP contribution is 2.57. The molecule has 2 aromatic heterocycles. The number of fused-ring (bicyclic) bond motifs is 1. The van der Waals surface area contributed by atoms with Gasteiger partial charge in [-0.2, -0.15) is 10.1 Å². The van der Waals surface area contributed by atoms with Crippen molar-refractivity contribution in [1.29, 1.82) is 0 Å². The number of benzene rings is 1. The van der Waals surface area contributed by atoms with Crippen LogP contribution in [0.1, 0.15) is 81.8 Å². The van der Waals surface area contributed by atoms with E-state index in [2.05, 4.69) is 21.8 Å². The second kappa shape index (κ2) is 11.7. The summed E-state index contributed by atoms with van der Waals surface area (Å²) in [7, 11) is 1.60. The molecule has 41 heavy (non-hydrogen) atoms. The third-order valence-electron chi connectivity index (χ3n) is 9.85. The number of nitrogens with two attached hydrogens (primary N) is 1. The molecule has 1 saturated heterocycles. The second-order valence-corrected chi connectivity index (χ2v) is 12.4. The minimum absolute atomic E-state index is 0.00904. The quantitative estimate of drug-likeness (QED) is 0.344. The molecule has 3 aromatic rings. The first-order valence-corrected chi connectivity index (χ1v) is 15.4. The average molecular weight is 566 g/mol. The van der Waals surface area contributed by atoms with Crippen molar-refractivity contribution in [2.75, 3.05) is 50.5 Å². The highest BCUT2D eigenvalue weighted by molar-refractivity contribution is 5.86. The van der Waals surface area contributed by atoms with Crippen molar-refractivity contribution in [2.45, 2.75) is 83.2 Å². The summed E-state index contributed by atoms with van der Waals surface area (Å²) in [5.74, 6) is 1.35. The monoisotopic (exact) mass is 565 g/mol. The van der Waals surface area contributed by atoms with Crippen LogP contribution in [0.4, 0.5) is 16.2 Å². The van der Waals surface area contributed by atoms with E-state index in [1.54, 1.807) is 24.1 Å². The summed E-state index contributed by atoms with van der Waals surface area (Å²) >= 11 is 0. The van der Waals surface area contributed by atoms with Gasteiger partial charge < -0.3 is 25.4 Å². The molecule has 1 aliphatic heterocycles. The lowest BCUT2D eigenvalue weighted by molar-refractivity contribution is -0.0611. The maximum Gasteiger partial charge on any atom is 0.222 e. The molecule has 9 nitrogen and oxygen atoms in total. The predicted molar refractivity (Wildman–Crippen MR) is 159 cm³/mol. The first-order valence-electron chi connectivity index (χ1n) is 15.4. The first-order chi connectivity index (χ1) is 19.9. The van der Waals surface area contributed by atoms with Crippen LogP contribution in [-0.4, -0.2) is 75.7 Å². The Labute approximate surface area is 241 Å². The largest absolute Gasteiger partial charge is 0.496 e. The second-order valence-electron chi connectivity index (χ2n) is 12.4. The van der Waals surface area contributed by atoms with Gasteiger partial charge in [-0.3, -0.25) is 4.68 Å². The molecule has 2 aliphatic carbocycles. The molecular formula is C31H44FN7O2. The van der Waals surface area contributed by atoms with Crippen LogP contribution in [0.15, 0.2) is 18.3 Å². The van der Waals surface area contributed by atoms with Crippen molar-refractivity contribution in [3.63, 3.8) is 0 Å². The van der Waals surface area contributed by atoms with E-state index in [1.807, 2.05) is 11.0 Å². The summed E-state index contributed by atoms with van der Waals surface area (Å²) in [5, 5.41) is 14.4. The topological polar surface area (TPSA) is 106 Å². The van der Waals surface area contributed by atoms with Crippen molar-refractivity contribution in [2.24, 2.45) is 5.41 Å². The number of aliphatic hydroxyl groups is 1. The molecule has 6 rings (SSSR count). The molecule has 0 radical (unpaired) electrons. The van der Waals surface area contributed by atoms with E-state index < -0.39 is 0 Å². The standard InChI is InChI=1S/C31H44FN7O2/c1-3-4-10-38(13-14-40)29-28-26(34-30(33)35-29)20-39(36-28)19-24-25(32)15-22(16-27(24)41-2)21-6-11-37(12-7-21)23-17-31(18-23)8-5-9-31/h15-16,20-21,23,40H,3-14,17-19H2,1-2H3,(H2,33,34). The highest BCUT2D eigenvalue weighted by Gasteiger charge is 2.50. The number of nitrogen functional groups attached to an aromatic ring is 1. The third-order valence-corrected chi connectivity index (χ3v) is 9.85. The van der Waals surface area contributed by atoms with Gasteiger partial charge in [-0.15, -0.1) is 0 Å². The first kappa shape index (κ1) is 28.2. The van der Waals surface area contributed by atoms with E-state index in [-0.39, 0.29) is 24.9 Å². The summed E-state index contributed by atoms with van der Waals surface area (Å²) < 4.78 is 23.1. The SMILES string of the molecule is CCCCN(CCO)c1nc(N)nc2cn(Cc3c(F)cc(C4CCN(C5CC6(CCC6)C5)CC4)cc3OC)nc12. The zero-order chi connectivity index (χ0) is 28.6. The van der Waals surface area contributed by atoms with Crippen LogP contribution in [0, 0.1) is 11.2 Å². The van der Waals surface area contributed by atoms with Gasteiger partial charge in [0.2, 0.25) is 5.95 Å². The van der Waals surface area contributed by atoms with Gasteiger partial charge in [-0.25, -0.2) is 9.37 Å². The van der Waals surface area contributed by atoms with Gasteiger partial charge in [-0.1, -0.05) is 19.8 Å². The smallest absolute Gasteiger partial charge is 0.222 e. The third kappa shape index (κ3) is 5.60. The van der Waals surface area contributed by atoms with Crippen molar-refractivity contribution >= 4 is 22.8 Å². The molecule has 0 bridgehead atoms. The molecule has 2 saturated carbocycles. The molecule has 0 amide bonds. The number of rotatable bonds is 11. The minimum atomic E-state index is -0.275. The number of hydrogen-bond donors (Lipinski definition) is 2. The molecule has 0 atom stereocenters. The molecule has 3 aliphatic rings. The Balaban J connectivity index is 1.18. The van der Waals surface area contributed by atoms with E-state index in [9.17, 15) is 5.11 Å². The van der Waals surface area contributed by atoms with Gasteiger partial charge in [0.1, 0.15) is 17.1 Å². The van der Waals surface area contributed by atoms with E-state index in [4.69, 9.17) is 15.6 Å². The lowest BCUT2D eigenvalue weighted by Crippen LogP contribution is -2.55. The van der Waals surface area contributed by atoms with E-state index in [0.29, 0.717) is 46.0 Å². The fourth-order valence-corrected chi connectivity index (χ4v) is 7.30. The zero-order valence-electron chi connectivity index (χ0n) is 24.5. The lowest BCUT2D eigenvalue weighted by atomic mass is 9.53. The molecule has 3 N–H and O–H groups in total. The Kier molecular flexibility index (Phi) is 8.05. The fourth-order valence-electron chi connectivity index (χ4n) is 7.30. The van der Waals surface area contributed by atoms with Crippen molar-refractivity contribution in [1.82, 2.24) is 24.6 Å². The van der Waals surface area contributed by atoms with Crippen molar-refractivity contribution < 1.29 is 14.2 Å².